The molecule has 198 valence electrons. The number of rotatable bonds is 10. The molecule has 1 saturated heterocycles. The highest BCUT2D eigenvalue weighted by molar-refractivity contribution is 7.71. The Hall–Kier alpha value is -2.37. The number of nitrogens with zero attached hydrogens (tertiary/aromatic N) is 1. The Morgan fingerprint density at radius 3 is 2.61 bits per heavy atom. The maximum Gasteiger partial charge on any atom is 0.380 e. The van der Waals surface area contributed by atoms with Gasteiger partial charge in [0.05, 0.1) is 24.8 Å². The smallest absolute Gasteiger partial charge is 0.380 e. The van der Waals surface area contributed by atoms with Gasteiger partial charge in [0, 0.05) is 11.8 Å². The minimum atomic E-state index is -4.00. The van der Waals surface area contributed by atoms with E-state index in [0.717, 1.165) is 0 Å². The van der Waals surface area contributed by atoms with E-state index in [1.54, 1.807) is 44.2 Å². The van der Waals surface area contributed by atoms with Gasteiger partial charge < -0.3 is 19.1 Å². The maximum atomic E-state index is 15.0. The predicted octanol–water partition coefficient (Wildman–Crippen LogP) is 3.69. The molecular weight excluding hydrogens is 514 g/mol. The van der Waals surface area contributed by atoms with Gasteiger partial charge in [0.2, 0.25) is 0 Å². The van der Waals surface area contributed by atoms with Crippen molar-refractivity contribution in [1.82, 2.24) is 9.55 Å². The summed E-state index contributed by atoms with van der Waals surface area (Å²) in [5.41, 5.74) is -0.147. The van der Waals surface area contributed by atoms with Crippen LogP contribution in [0.25, 0.3) is 0 Å². The van der Waals surface area contributed by atoms with Crippen molar-refractivity contribution >= 4 is 25.8 Å². The van der Waals surface area contributed by atoms with Crippen LogP contribution in [0.4, 0.5) is 4.39 Å². The van der Waals surface area contributed by atoms with E-state index in [4.69, 9.17) is 30.7 Å². The van der Waals surface area contributed by atoms with Crippen molar-refractivity contribution in [1.29, 1.82) is 0 Å². The standard InChI is InChI=1S/C23H30FN2O8PS/c1-13(2)32-22(29)15(4)12-35(30,34-16-8-6-5-7-9-16)31-11-17-19(27)18(24)21(33-17)26-10-14(3)20(28)25-23(26)36/h5-10,13,15,17-19,21,27H,11-12H2,1-4H3,(H,25,28,36)/t15-,17+,18-,19?,21+,35?/m1/s1. The molecule has 2 N–H and O–H groups in total. The molecule has 10 nitrogen and oxygen atoms in total. The van der Waals surface area contributed by atoms with Crippen LogP contribution >= 0.6 is 19.8 Å². The van der Waals surface area contributed by atoms with Crippen LogP contribution in [0.2, 0.25) is 0 Å². The number of halogens is 1. The number of para-hydroxylation sites is 1. The van der Waals surface area contributed by atoms with E-state index >= 15 is 0 Å². The monoisotopic (exact) mass is 544 g/mol. The molecule has 0 radical (unpaired) electrons. The maximum absolute atomic E-state index is 15.0. The highest BCUT2D eigenvalue weighted by Gasteiger charge is 2.46. The molecule has 0 spiro atoms. The van der Waals surface area contributed by atoms with Crippen molar-refractivity contribution < 1.29 is 37.4 Å². The van der Waals surface area contributed by atoms with Crippen LogP contribution in [-0.4, -0.2) is 57.9 Å². The number of ether oxygens (including phenoxy) is 2. The van der Waals surface area contributed by atoms with Gasteiger partial charge in [-0.2, -0.15) is 0 Å². The van der Waals surface area contributed by atoms with E-state index in [1.165, 1.54) is 24.6 Å². The van der Waals surface area contributed by atoms with Gasteiger partial charge in [-0.3, -0.25) is 23.7 Å². The SMILES string of the molecule is Cc1cn([C@H]2O[C@@H](COP(=O)(C[C@@H](C)C(=O)OC(C)C)Oc3ccccc3)C(O)[C@H]2F)c(=S)[nH]c1=O. The summed E-state index contributed by atoms with van der Waals surface area (Å²) in [6, 6.07) is 8.24. The predicted molar refractivity (Wildman–Crippen MR) is 131 cm³/mol. The van der Waals surface area contributed by atoms with E-state index in [0.29, 0.717) is 0 Å². The fourth-order valence-electron chi connectivity index (χ4n) is 3.54. The van der Waals surface area contributed by atoms with Crippen LogP contribution < -0.4 is 10.1 Å². The lowest BCUT2D eigenvalue weighted by molar-refractivity contribution is -0.151. The van der Waals surface area contributed by atoms with Gasteiger partial charge in [-0.05, 0) is 45.1 Å². The average molecular weight is 545 g/mol. The second-order valence-electron chi connectivity index (χ2n) is 8.86. The van der Waals surface area contributed by atoms with Gasteiger partial charge in [-0.1, -0.05) is 25.1 Å². The number of carbonyl (C=O) groups is 1. The normalized spacial score (nSPS) is 24.3. The van der Waals surface area contributed by atoms with Crippen LogP contribution in [-0.2, 0) is 23.4 Å². The van der Waals surface area contributed by atoms with Crippen molar-refractivity contribution in [3.05, 3.63) is 57.2 Å². The van der Waals surface area contributed by atoms with Crippen molar-refractivity contribution in [3.8, 4) is 5.75 Å². The van der Waals surface area contributed by atoms with E-state index in [-0.39, 0.29) is 28.3 Å². The van der Waals surface area contributed by atoms with Crippen LogP contribution in [0, 0.1) is 17.6 Å². The summed E-state index contributed by atoms with van der Waals surface area (Å²) in [4.78, 5) is 26.5. The first kappa shape index (κ1) is 28.2. The van der Waals surface area contributed by atoms with Crippen LogP contribution in [0.3, 0.4) is 0 Å². The Kier molecular flexibility index (Phi) is 9.23. The van der Waals surface area contributed by atoms with E-state index in [1.807, 2.05) is 0 Å². The molecule has 1 aliphatic rings. The van der Waals surface area contributed by atoms with Gasteiger partial charge in [0.25, 0.3) is 5.56 Å². The molecule has 0 aliphatic carbocycles. The number of aliphatic hydroxyl groups excluding tert-OH is 1. The Morgan fingerprint density at radius 2 is 1.97 bits per heavy atom. The number of alkyl halides is 1. The third-order valence-corrected chi connectivity index (χ3v) is 7.73. The van der Waals surface area contributed by atoms with Gasteiger partial charge in [0.1, 0.15) is 18.0 Å². The highest BCUT2D eigenvalue weighted by atomic mass is 32.1. The molecule has 2 aromatic rings. The number of aliphatic hydroxyl groups is 1. The summed E-state index contributed by atoms with van der Waals surface area (Å²) < 4.78 is 51.9. The molecule has 3 rings (SSSR count). The first-order valence-electron chi connectivity index (χ1n) is 11.4. The molecule has 13 heteroatoms. The molecule has 0 bridgehead atoms. The Bertz CT molecular complexity index is 1220. The van der Waals surface area contributed by atoms with Gasteiger partial charge in [-0.15, -0.1) is 0 Å². The number of aromatic nitrogens is 2. The summed E-state index contributed by atoms with van der Waals surface area (Å²) in [6.45, 7) is 5.94. The molecule has 1 fully saturated rings. The lowest BCUT2D eigenvalue weighted by atomic mass is 10.1. The minimum absolute atomic E-state index is 0.0809. The lowest BCUT2D eigenvalue weighted by Gasteiger charge is -2.24. The Labute approximate surface area is 212 Å². The number of carbonyl (C=O) groups excluding carboxylic acids is 1. The lowest BCUT2D eigenvalue weighted by Crippen LogP contribution is -2.32. The zero-order chi connectivity index (χ0) is 26.6. The topological polar surface area (TPSA) is 129 Å². The van der Waals surface area contributed by atoms with E-state index < -0.39 is 56.3 Å². The fourth-order valence-corrected chi connectivity index (χ4v) is 5.66. The summed E-state index contributed by atoms with van der Waals surface area (Å²) >= 11 is 5.10. The molecular formula is C23H30FN2O8PS. The number of H-pyrrole nitrogens is 1. The zero-order valence-corrected chi connectivity index (χ0v) is 22.0. The second-order valence-corrected chi connectivity index (χ2v) is 11.3. The number of aromatic amines is 1. The van der Waals surface area contributed by atoms with Crippen LogP contribution in [0.5, 0.6) is 5.75 Å². The fraction of sp³-hybridized carbons (Fsp3) is 0.522. The first-order chi connectivity index (χ1) is 16.9. The quantitative estimate of drug-likeness (QED) is 0.261. The molecule has 1 aliphatic heterocycles. The number of benzene rings is 1. The largest absolute Gasteiger partial charge is 0.463 e. The Morgan fingerprint density at radius 1 is 1.31 bits per heavy atom. The molecule has 1 aromatic carbocycles. The van der Waals surface area contributed by atoms with Crippen molar-refractivity contribution in [2.45, 2.75) is 58.4 Å². The van der Waals surface area contributed by atoms with E-state index in [9.17, 15) is 23.7 Å². The van der Waals surface area contributed by atoms with E-state index in [2.05, 4.69) is 4.98 Å². The van der Waals surface area contributed by atoms with Gasteiger partial charge in [0.15, 0.2) is 17.2 Å². The van der Waals surface area contributed by atoms with Crippen molar-refractivity contribution in [2.75, 3.05) is 12.8 Å². The second kappa shape index (κ2) is 11.8. The van der Waals surface area contributed by atoms with Crippen LogP contribution in [0.1, 0.15) is 32.6 Å². The van der Waals surface area contributed by atoms with Crippen LogP contribution in [0.15, 0.2) is 41.3 Å². The molecule has 2 heterocycles. The summed E-state index contributed by atoms with van der Waals surface area (Å²) in [7, 11) is -4.00. The summed E-state index contributed by atoms with van der Waals surface area (Å²) in [5.74, 6) is -1.16. The first-order valence-corrected chi connectivity index (χ1v) is 13.5. The minimum Gasteiger partial charge on any atom is -0.463 e. The highest BCUT2D eigenvalue weighted by Crippen LogP contribution is 2.50. The van der Waals surface area contributed by atoms with Gasteiger partial charge >= 0.3 is 13.6 Å². The molecule has 0 amide bonds. The number of aryl methyl sites for hydroxylation is 1. The molecule has 0 saturated carbocycles. The molecule has 36 heavy (non-hydrogen) atoms. The van der Waals surface area contributed by atoms with Gasteiger partial charge in [-0.25, -0.2) is 8.96 Å². The summed E-state index contributed by atoms with van der Waals surface area (Å²) in [6.07, 6.45) is -5.47. The third-order valence-electron chi connectivity index (χ3n) is 5.39. The number of nitrogens with one attached hydrogen (secondary N) is 1. The number of esters is 1. The van der Waals surface area contributed by atoms with Crippen molar-refractivity contribution in [3.63, 3.8) is 0 Å². The zero-order valence-electron chi connectivity index (χ0n) is 20.3. The molecule has 6 atom stereocenters. The average Bonchev–Trinajstić information content (AvgIpc) is 3.08. The third kappa shape index (κ3) is 6.89. The molecule has 1 aromatic heterocycles. The van der Waals surface area contributed by atoms with Crippen molar-refractivity contribution in [2.24, 2.45) is 5.92 Å². The number of hydrogen-bond donors (Lipinski definition) is 2. The Balaban J connectivity index is 1.77. The number of hydrogen-bond acceptors (Lipinski definition) is 9. The molecule has 2 unspecified atom stereocenters. The summed E-state index contributed by atoms with van der Waals surface area (Å²) in [5, 5.41) is 10.5.